The minimum absolute atomic E-state index is 0.149. The summed E-state index contributed by atoms with van der Waals surface area (Å²) in [6, 6.07) is 11.7. The highest BCUT2D eigenvalue weighted by Gasteiger charge is 2.17. The average Bonchev–Trinajstić information content (AvgIpc) is 2.75. The second-order valence-electron chi connectivity index (χ2n) is 6.22. The third-order valence-corrected chi connectivity index (χ3v) is 4.35. The zero-order valence-corrected chi connectivity index (χ0v) is 17.3. The number of nitrogens with one attached hydrogen (secondary N) is 2. The Labute approximate surface area is 183 Å². The van der Waals surface area contributed by atoms with Crippen LogP contribution in [0.3, 0.4) is 0 Å². The average molecular weight is 443 g/mol. The number of anilines is 2. The number of carbonyl (C=O) groups is 2. The predicted molar refractivity (Wildman–Crippen MR) is 116 cm³/mol. The SMILES string of the molecule is CCCCOC(=O)c1ccccc1NC(=O)/C(C#N)=C\Nc1cc([N+](=O)[O-])ccc1Cl. The molecule has 0 unspecified atom stereocenters. The van der Waals surface area contributed by atoms with Crippen molar-refractivity contribution >= 4 is 40.5 Å². The summed E-state index contributed by atoms with van der Waals surface area (Å²) >= 11 is 6.00. The van der Waals surface area contributed by atoms with Gasteiger partial charge in [-0.3, -0.25) is 14.9 Å². The molecule has 0 heterocycles. The van der Waals surface area contributed by atoms with Crippen LogP contribution in [0.1, 0.15) is 30.1 Å². The van der Waals surface area contributed by atoms with Gasteiger partial charge in [-0.05, 0) is 24.6 Å². The van der Waals surface area contributed by atoms with E-state index in [0.717, 1.165) is 12.6 Å². The summed E-state index contributed by atoms with van der Waals surface area (Å²) in [5.41, 5.74) is -0.0609. The van der Waals surface area contributed by atoms with Gasteiger partial charge in [0.05, 0.1) is 33.5 Å². The lowest BCUT2D eigenvalue weighted by Crippen LogP contribution is -2.18. The number of amides is 1. The van der Waals surface area contributed by atoms with Gasteiger partial charge in [-0.1, -0.05) is 37.1 Å². The molecular weight excluding hydrogens is 424 g/mol. The van der Waals surface area contributed by atoms with Gasteiger partial charge in [0.15, 0.2) is 0 Å². The Morgan fingerprint density at radius 1 is 1.26 bits per heavy atom. The number of hydrogen-bond acceptors (Lipinski definition) is 7. The highest BCUT2D eigenvalue weighted by Crippen LogP contribution is 2.27. The summed E-state index contributed by atoms with van der Waals surface area (Å²) in [4.78, 5) is 35.1. The van der Waals surface area contributed by atoms with Crippen LogP contribution in [0.15, 0.2) is 54.2 Å². The van der Waals surface area contributed by atoms with Crippen molar-refractivity contribution in [2.45, 2.75) is 19.8 Å². The van der Waals surface area contributed by atoms with Gasteiger partial charge in [0.2, 0.25) is 0 Å². The normalized spacial score (nSPS) is 10.7. The molecule has 0 aromatic heterocycles. The number of hydrogen-bond donors (Lipinski definition) is 2. The number of esters is 1. The van der Waals surface area contributed by atoms with Crippen LogP contribution in [0, 0.1) is 21.4 Å². The molecule has 0 fully saturated rings. The molecule has 10 heteroatoms. The summed E-state index contributed by atoms with van der Waals surface area (Å²) in [5.74, 6) is -1.38. The number of carbonyl (C=O) groups excluding carboxylic acids is 2. The van der Waals surface area contributed by atoms with Gasteiger partial charge in [-0.15, -0.1) is 0 Å². The van der Waals surface area contributed by atoms with Gasteiger partial charge in [0, 0.05) is 18.3 Å². The largest absolute Gasteiger partial charge is 0.462 e. The summed E-state index contributed by atoms with van der Waals surface area (Å²) in [7, 11) is 0. The fourth-order valence-electron chi connectivity index (χ4n) is 2.38. The molecule has 0 aliphatic heterocycles. The number of para-hydroxylation sites is 1. The number of nitro benzene ring substituents is 1. The first kappa shape index (κ1) is 23.4. The van der Waals surface area contributed by atoms with Crippen molar-refractivity contribution in [3.8, 4) is 6.07 Å². The van der Waals surface area contributed by atoms with Crippen LogP contribution in [0.4, 0.5) is 17.1 Å². The van der Waals surface area contributed by atoms with Crippen LogP contribution in [0.2, 0.25) is 5.02 Å². The third-order valence-electron chi connectivity index (χ3n) is 4.02. The number of benzene rings is 2. The van der Waals surface area contributed by atoms with Gasteiger partial charge < -0.3 is 15.4 Å². The van der Waals surface area contributed by atoms with Crippen LogP contribution >= 0.6 is 11.6 Å². The monoisotopic (exact) mass is 442 g/mol. The Bertz CT molecular complexity index is 1060. The van der Waals surface area contributed by atoms with Crippen molar-refractivity contribution < 1.29 is 19.2 Å². The van der Waals surface area contributed by atoms with Crippen molar-refractivity contribution in [1.29, 1.82) is 5.26 Å². The molecule has 0 bridgehead atoms. The molecule has 0 aliphatic rings. The van der Waals surface area contributed by atoms with Crippen molar-refractivity contribution in [2.75, 3.05) is 17.2 Å². The number of unbranched alkanes of at least 4 members (excludes halogenated alkanes) is 1. The van der Waals surface area contributed by atoms with E-state index < -0.39 is 16.8 Å². The van der Waals surface area contributed by atoms with Gasteiger partial charge in [0.25, 0.3) is 11.6 Å². The van der Waals surface area contributed by atoms with E-state index in [0.29, 0.717) is 6.42 Å². The van der Waals surface area contributed by atoms with Crippen molar-refractivity contribution in [3.63, 3.8) is 0 Å². The number of ether oxygens (including phenoxy) is 1. The van der Waals surface area contributed by atoms with Crippen LogP contribution in [-0.2, 0) is 9.53 Å². The maximum absolute atomic E-state index is 12.5. The van der Waals surface area contributed by atoms with Crippen LogP contribution in [0.25, 0.3) is 0 Å². The topological polar surface area (TPSA) is 134 Å². The smallest absolute Gasteiger partial charge is 0.340 e. The quantitative estimate of drug-likeness (QED) is 0.144. The summed E-state index contributed by atoms with van der Waals surface area (Å²) in [6.07, 6.45) is 2.65. The minimum Gasteiger partial charge on any atom is -0.462 e. The first-order chi connectivity index (χ1) is 14.9. The molecule has 2 N–H and O–H groups in total. The van der Waals surface area contributed by atoms with Crippen LogP contribution in [0.5, 0.6) is 0 Å². The van der Waals surface area contributed by atoms with Crippen molar-refractivity contribution in [3.05, 3.63) is 74.9 Å². The van der Waals surface area contributed by atoms with Gasteiger partial charge in [0.1, 0.15) is 11.6 Å². The first-order valence-electron chi connectivity index (χ1n) is 9.25. The Hall–Kier alpha value is -3.90. The van der Waals surface area contributed by atoms with E-state index in [9.17, 15) is 25.0 Å². The molecule has 0 radical (unpaired) electrons. The summed E-state index contributed by atoms with van der Waals surface area (Å²) in [5, 5.41) is 25.5. The lowest BCUT2D eigenvalue weighted by Gasteiger charge is -2.11. The Morgan fingerprint density at radius 2 is 2.00 bits per heavy atom. The van der Waals surface area contributed by atoms with E-state index >= 15 is 0 Å². The molecule has 160 valence electrons. The van der Waals surface area contributed by atoms with E-state index in [2.05, 4.69) is 10.6 Å². The van der Waals surface area contributed by atoms with E-state index in [1.165, 1.54) is 30.3 Å². The molecule has 9 nitrogen and oxygen atoms in total. The lowest BCUT2D eigenvalue weighted by molar-refractivity contribution is -0.384. The fraction of sp³-hybridized carbons (Fsp3) is 0.190. The summed E-state index contributed by atoms with van der Waals surface area (Å²) < 4.78 is 5.17. The molecule has 31 heavy (non-hydrogen) atoms. The second kappa shape index (κ2) is 11.3. The molecule has 2 rings (SSSR count). The molecular formula is C21H19ClN4O5. The standard InChI is InChI=1S/C21H19ClN4O5/c1-2-3-10-31-21(28)16-6-4-5-7-18(16)25-20(27)14(12-23)13-24-19-11-15(26(29)30)8-9-17(19)22/h4-9,11,13,24H,2-3,10H2,1H3,(H,25,27)/b14-13-. The van der Waals surface area contributed by atoms with E-state index in [1.807, 2.05) is 6.92 Å². The number of nitriles is 1. The molecule has 2 aromatic rings. The van der Waals surface area contributed by atoms with Gasteiger partial charge in [-0.2, -0.15) is 5.26 Å². The molecule has 2 aromatic carbocycles. The van der Waals surface area contributed by atoms with Gasteiger partial charge in [-0.25, -0.2) is 4.79 Å². The summed E-state index contributed by atoms with van der Waals surface area (Å²) in [6.45, 7) is 2.22. The predicted octanol–water partition coefficient (Wildman–Crippen LogP) is 4.66. The number of rotatable bonds is 9. The third kappa shape index (κ3) is 6.55. The fourth-order valence-corrected chi connectivity index (χ4v) is 2.55. The zero-order valence-electron chi connectivity index (χ0n) is 16.6. The highest BCUT2D eigenvalue weighted by atomic mass is 35.5. The molecule has 0 atom stereocenters. The van der Waals surface area contributed by atoms with Crippen LogP contribution in [-0.4, -0.2) is 23.4 Å². The lowest BCUT2D eigenvalue weighted by atomic mass is 10.1. The maximum Gasteiger partial charge on any atom is 0.340 e. The van der Waals surface area contributed by atoms with Crippen LogP contribution < -0.4 is 10.6 Å². The molecule has 1 amide bonds. The number of nitro groups is 1. The molecule has 0 spiro atoms. The Morgan fingerprint density at radius 3 is 2.68 bits per heavy atom. The molecule has 0 saturated carbocycles. The van der Waals surface area contributed by atoms with Crippen molar-refractivity contribution in [1.82, 2.24) is 0 Å². The van der Waals surface area contributed by atoms with Gasteiger partial charge >= 0.3 is 5.97 Å². The van der Waals surface area contributed by atoms with E-state index in [1.54, 1.807) is 18.2 Å². The Kier molecular flexibility index (Phi) is 8.54. The maximum atomic E-state index is 12.5. The minimum atomic E-state index is -0.787. The van der Waals surface area contributed by atoms with Crippen molar-refractivity contribution in [2.24, 2.45) is 0 Å². The molecule has 0 saturated heterocycles. The number of non-ortho nitro benzene ring substituents is 1. The van der Waals surface area contributed by atoms with E-state index in [4.69, 9.17) is 16.3 Å². The second-order valence-corrected chi connectivity index (χ2v) is 6.63. The van der Waals surface area contributed by atoms with E-state index in [-0.39, 0.29) is 39.8 Å². The number of halogens is 1. The molecule has 0 aliphatic carbocycles. The number of nitrogens with zero attached hydrogens (tertiary/aromatic N) is 2. The zero-order chi connectivity index (χ0) is 22.8. The first-order valence-corrected chi connectivity index (χ1v) is 9.63. The Balaban J connectivity index is 2.18. The highest BCUT2D eigenvalue weighted by molar-refractivity contribution is 6.33.